The summed E-state index contributed by atoms with van der Waals surface area (Å²) in [6.07, 6.45) is -2.37. The Labute approximate surface area is 296 Å². The number of hydrogen-bond donors (Lipinski definition) is 7. The second kappa shape index (κ2) is 15.2. The zero-order chi connectivity index (χ0) is 37.1. The molecule has 4 amide bonds. The van der Waals surface area contributed by atoms with Gasteiger partial charge in [-0.1, -0.05) is 23.7 Å². The highest BCUT2D eigenvalue weighted by Crippen LogP contribution is 2.41. The van der Waals surface area contributed by atoms with Crippen molar-refractivity contribution in [3.05, 3.63) is 45.1 Å². The molecule has 3 heterocycles. The van der Waals surface area contributed by atoms with Crippen LogP contribution in [0, 0.1) is 0 Å². The molecule has 7 N–H and O–H groups in total. The number of phenols is 2. The van der Waals surface area contributed by atoms with Gasteiger partial charge < -0.3 is 40.6 Å². The van der Waals surface area contributed by atoms with Crippen LogP contribution in [0.1, 0.15) is 50.2 Å². The molecular weight excluding hydrogens is 724 g/mol. The lowest BCUT2D eigenvalue weighted by Crippen LogP contribution is -2.71. The molecule has 0 bridgehead atoms. The highest BCUT2D eigenvalue weighted by atomic mass is 35.5. The van der Waals surface area contributed by atoms with Crippen molar-refractivity contribution in [3.8, 4) is 11.5 Å². The normalized spacial score (nSPS) is 18.0. The number of oxime groups is 1. The fourth-order valence-corrected chi connectivity index (χ4v) is 6.87. The number of carboxylic acid groups (broad SMARTS) is 2. The molecule has 3 atom stereocenters. The van der Waals surface area contributed by atoms with Gasteiger partial charge in [-0.05, 0) is 44.9 Å². The summed E-state index contributed by atoms with van der Waals surface area (Å²) in [7, 11) is 0. The van der Waals surface area contributed by atoms with E-state index in [0.717, 1.165) is 28.4 Å². The van der Waals surface area contributed by atoms with E-state index in [1.165, 1.54) is 17.1 Å². The molecule has 268 valence electrons. The molecule has 0 saturated carbocycles. The number of carbonyl (C=O) groups excluding carboxylic acids is 4. The fourth-order valence-electron chi connectivity index (χ4n) is 4.50. The van der Waals surface area contributed by atoms with Crippen molar-refractivity contribution in [2.45, 2.75) is 57.2 Å². The van der Waals surface area contributed by atoms with Gasteiger partial charge in [0.15, 0.2) is 22.3 Å². The first-order valence-electron chi connectivity index (χ1n) is 14.5. The minimum absolute atomic E-state index is 0.0390. The number of rotatable bonds is 12. The molecule has 0 radical (unpaired) electrons. The van der Waals surface area contributed by atoms with E-state index in [1.807, 2.05) is 0 Å². The Kier molecular flexibility index (Phi) is 11.5. The van der Waals surface area contributed by atoms with Crippen molar-refractivity contribution < 1.29 is 58.8 Å². The Hall–Kier alpha value is -5.08. The second-order valence-corrected chi connectivity index (χ2v) is 13.9. The van der Waals surface area contributed by atoms with Gasteiger partial charge in [0.05, 0.1) is 17.1 Å². The van der Waals surface area contributed by atoms with E-state index >= 15 is 0 Å². The van der Waals surface area contributed by atoms with Crippen molar-refractivity contribution in [2.24, 2.45) is 5.16 Å². The molecule has 50 heavy (non-hydrogen) atoms. The van der Waals surface area contributed by atoms with E-state index in [9.17, 15) is 49.2 Å². The maximum atomic E-state index is 13.6. The van der Waals surface area contributed by atoms with Crippen LogP contribution in [0.3, 0.4) is 0 Å². The van der Waals surface area contributed by atoms with E-state index in [1.54, 1.807) is 27.7 Å². The number of halogens is 1. The molecule has 1 fully saturated rings. The summed E-state index contributed by atoms with van der Waals surface area (Å²) >= 11 is 8.00. The minimum atomic E-state index is -1.91. The van der Waals surface area contributed by atoms with Crippen LogP contribution in [0.5, 0.6) is 11.5 Å². The first-order chi connectivity index (χ1) is 23.4. The number of phenolic OH excluding ortho intramolecular Hbond substituents is 2. The third kappa shape index (κ3) is 8.37. The zero-order valence-corrected chi connectivity index (χ0v) is 29.1. The van der Waals surface area contributed by atoms with Crippen LogP contribution in [0.25, 0.3) is 0 Å². The average Bonchev–Trinajstić information content (AvgIpc) is 3.49. The first-order valence-corrected chi connectivity index (χ1v) is 16.9. The topological polar surface area (TPSA) is 266 Å². The molecular formula is C29H31ClN6O12S2. The van der Waals surface area contributed by atoms with Crippen molar-refractivity contribution >= 4 is 81.3 Å². The van der Waals surface area contributed by atoms with Crippen LogP contribution < -0.4 is 16.0 Å². The highest BCUT2D eigenvalue weighted by molar-refractivity contribution is 8.00. The number of hydrogen-bond acceptors (Lipinski definition) is 14. The molecule has 18 nitrogen and oxygen atoms in total. The predicted molar refractivity (Wildman–Crippen MR) is 178 cm³/mol. The van der Waals surface area contributed by atoms with Crippen molar-refractivity contribution in [1.82, 2.24) is 20.5 Å². The Morgan fingerprint density at radius 1 is 1.18 bits per heavy atom. The summed E-state index contributed by atoms with van der Waals surface area (Å²) in [5.74, 6) is -6.67. The number of amides is 4. The van der Waals surface area contributed by atoms with E-state index < -0.39 is 87.7 Å². The number of anilines is 1. The van der Waals surface area contributed by atoms with Gasteiger partial charge >= 0.3 is 18.0 Å². The summed E-state index contributed by atoms with van der Waals surface area (Å²) in [6.45, 7) is 5.95. The Balaban J connectivity index is 1.57. The molecule has 0 aliphatic carbocycles. The Morgan fingerprint density at radius 3 is 2.50 bits per heavy atom. The van der Waals surface area contributed by atoms with Gasteiger partial charge in [-0.25, -0.2) is 19.4 Å². The quantitative estimate of drug-likeness (QED) is 0.0710. The minimum Gasteiger partial charge on any atom is -0.504 e. The molecule has 0 spiro atoms. The lowest BCUT2D eigenvalue weighted by molar-refractivity contribution is -0.150. The van der Waals surface area contributed by atoms with Crippen LogP contribution in [0.4, 0.5) is 9.93 Å². The molecule has 0 unspecified atom stereocenters. The van der Waals surface area contributed by atoms with E-state index in [4.69, 9.17) is 21.2 Å². The molecule has 2 aliphatic rings. The van der Waals surface area contributed by atoms with Crippen LogP contribution in [-0.4, -0.2) is 107 Å². The smallest absolute Gasteiger partial charge is 0.413 e. The van der Waals surface area contributed by atoms with Gasteiger partial charge in [0.2, 0.25) is 6.10 Å². The number of β-lactam (4-membered cyclic amide) rings is 1. The maximum absolute atomic E-state index is 13.6. The zero-order valence-electron chi connectivity index (χ0n) is 26.7. The van der Waals surface area contributed by atoms with Gasteiger partial charge in [-0.3, -0.25) is 24.6 Å². The Morgan fingerprint density at radius 2 is 1.88 bits per heavy atom. The van der Waals surface area contributed by atoms with E-state index in [-0.39, 0.29) is 22.1 Å². The second-order valence-electron chi connectivity index (χ2n) is 11.5. The van der Waals surface area contributed by atoms with E-state index in [2.05, 4.69) is 26.1 Å². The molecule has 4 rings (SSSR count). The maximum Gasteiger partial charge on any atom is 0.413 e. The fraction of sp³-hybridized carbons (Fsp3) is 0.379. The molecule has 2 aromatic rings. The summed E-state index contributed by atoms with van der Waals surface area (Å²) in [5, 5.41) is 49.7. The molecule has 1 aromatic carbocycles. The highest BCUT2D eigenvalue weighted by Gasteiger charge is 2.54. The largest absolute Gasteiger partial charge is 0.504 e. The number of carbonyl (C=O) groups is 6. The van der Waals surface area contributed by atoms with Crippen molar-refractivity contribution in [2.75, 3.05) is 17.6 Å². The standard InChI is InChI=1S/C29H31ClN6O12S2/c1-5-11-9-49-24-18(23(41)36(24)19(11)26(44)45)33-22(40)17(13-10-50-27(32-13)34-28(46)47-29(2,3)4)35-48-15(25(42)43)8-31-21(39)12-6-7-14(37)20(38)16(12)30/h6-7,10,15,18,24,37-38H,5,8-9H2,1-4H3,(H,31,39)(H,33,40)(H,42,43)(H,44,45)(H,32,34,46)/b35-17-/t15-,18+,24+/m0/s1. The predicted octanol–water partition coefficient (Wildman–Crippen LogP) is 2.31. The number of nitrogens with zero attached hydrogens (tertiary/aromatic N) is 3. The summed E-state index contributed by atoms with van der Waals surface area (Å²) in [5.41, 5.74) is -1.58. The van der Waals surface area contributed by atoms with Crippen LogP contribution in [0.2, 0.25) is 5.02 Å². The van der Waals surface area contributed by atoms with E-state index in [0.29, 0.717) is 17.7 Å². The van der Waals surface area contributed by atoms with Crippen LogP contribution in [-0.2, 0) is 28.8 Å². The summed E-state index contributed by atoms with van der Waals surface area (Å²) in [4.78, 5) is 85.9. The molecule has 1 saturated heterocycles. The number of fused-ring (bicyclic) bond motifs is 1. The Bertz CT molecular complexity index is 1810. The number of nitrogens with one attached hydrogen (secondary N) is 3. The third-order valence-corrected chi connectivity index (χ3v) is 9.35. The molecule has 2 aliphatic heterocycles. The number of aliphatic carboxylic acids is 2. The van der Waals surface area contributed by atoms with Crippen molar-refractivity contribution in [1.29, 1.82) is 0 Å². The summed E-state index contributed by atoms with van der Waals surface area (Å²) < 4.78 is 5.20. The monoisotopic (exact) mass is 754 g/mol. The molecule has 1 aromatic heterocycles. The summed E-state index contributed by atoms with van der Waals surface area (Å²) in [6, 6.07) is 0.890. The number of thiazole rings is 1. The van der Waals surface area contributed by atoms with Gasteiger partial charge in [0, 0.05) is 11.1 Å². The lowest BCUT2D eigenvalue weighted by Gasteiger charge is -2.49. The molecule has 21 heteroatoms. The average molecular weight is 755 g/mol. The number of carboxylic acids is 2. The number of benzene rings is 1. The third-order valence-electron chi connectivity index (χ3n) is 6.87. The van der Waals surface area contributed by atoms with Crippen LogP contribution in [0.15, 0.2) is 33.9 Å². The number of thioether (sulfide) groups is 1. The number of ether oxygens (including phenoxy) is 1. The van der Waals surface area contributed by atoms with Gasteiger partial charge in [0.1, 0.15) is 28.4 Å². The number of aromatic nitrogens is 1. The lowest BCUT2D eigenvalue weighted by atomic mass is 10.0. The van der Waals surface area contributed by atoms with Crippen LogP contribution >= 0.6 is 34.7 Å². The van der Waals surface area contributed by atoms with Crippen molar-refractivity contribution in [3.63, 3.8) is 0 Å². The van der Waals surface area contributed by atoms with Gasteiger partial charge in [-0.2, -0.15) is 0 Å². The first kappa shape index (κ1) is 37.7. The number of aromatic hydroxyl groups is 2. The van der Waals surface area contributed by atoms with Gasteiger partial charge in [0.25, 0.3) is 17.7 Å². The SMILES string of the molecule is CCC1=C(C(=O)O)N2C(=O)[C@@H](NC(=O)/C(=N\O[C@@H](CNC(=O)c3ccc(O)c(O)c3Cl)C(=O)O)c3csc(NC(=O)OC(C)(C)C)n3)[C@H]2SC1. The van der Waals surface area contributed by atoms with Gasteiger partial charge in [-0.15, -0.1) is 23.1 Å².